The maximum atomic E-state index is 11.5. The van der Waals surface area contributed by atoms with Crippen molar-refractivity contribution in [1.82, 2.24) is 5.32 Å². The van der Waals surface area contributed by atoms with Gasteiger partial charge in [0, 0.05) is 13.0 Å². The van der Waals surface area contributed by atoms with E-state index in [0.717, 1.165) is 6.42 Å². The highest BCUT2D eigenvalue weighted by Gasteiger charge is 2.12. The molecule has 0 saturated carbocycles. The summed E-state index contributed by atoms with van der Waals surface area (Å²) in [5.41, 5.74) is 5.52. The molecule has 0 saturated heterocycles. The van der Waals surface area contributed by atoms with Crippen molar-refractivity contribution in [2.45, 2.75) is 46.1 Å². The van der Waals surface area contributed by atoms with Crippen molar-refractivity contribution in [2.75, 3.05) is 13.1 Å². The normalized spacial score (nSPS) is 14.9. The molecule has 0 spiro atoms. The number of carbonyl (C=O) groups is 1. The van der Waals surface area contributed by atoms with Crippen LogP contribution in [-0.4, -0.2) is 30.2 Å². The van der Waals surface area contributed by atoms with Gasteiger partial charge in [0.25, 0.3) is 0 Å². The van der Waals surface area contributed by atoms with Gasteiger partial charge in [-0.1, -0.05) is 27.2 Å². The summed E-state index contributed by atoms with van der Waals surface area (Å²) in [6.07, 6.45) is 1.65. The van der Waals surface area contributed by atoms with E-state index in [2.05, 4.69) is 5.32 Å². The van der Waals surface area contributed by atoms with Crippen LogP contribution >= 0.6 is 0 Å². The van der Waals surface area contributed by atoms with Crippen molar-refractivity contribution >= 4 is 5.91 Å². The second kappa shape index (κ2) is 8.53. The summed E-state index contributed by atoms with van der Waals surface area (Å²) in [5, 5.41) is 12.3. The zero-order valence-electron chi connectivity index (χ0n) is 10.7. The first-order chi connectivity index (χ1) is 7.49. The van der Waals surface area contributed by atoms with Crippen LogP contribution in [-0.2, 0) is 4.79 Å². The Morgan fingerprint density at radius 1 is 1.44 bits per heavy atom. The maximum absolute atomic E-state index is 11.5. The number of hydrogen-bond donors (Lipinski definition) is 3. The van der Waals surface area contributed by atoms with Gasteiger partial charge in [0.05, 0.1) is 6.10 Å². The number of aliphatic hydroxyl groups excluding tert-OH is 1. The minimum Gasteiger partial charge on any atom is -0.391 e. The average Bonchev–Trinajstić information content (AvgIpc) is 2.22. The molecule has 0 bridgehead atoms. The molecule has 0 aliphatic heterocycles. The highest BCUT2D eigenvalue weighted by atomic mass is 16.3. The molecule has 0 radical (unpaired) electrons. The second-order valence-electron chi connectivity index (χ2n) is 4.80. The Kier molecular flexibility index (Phi) is 8.21. The van der Waals surface area contributed by atoms with E-state index in [1.807, 2.05) is 20.8 Å². The van der Waals surface area contributed by atoms with Crippen molar-refractivity contribution < 1.29 is 9.90 Å². The summed E-state index contributed by atoms with van der Waals surface area (Å²) < 4.78 is 0. The number of nitrogens with two attached hydrogens (primary N) is 1. The molecule has 2 unspecified atom stereocenters. The SMILES string of the molecule is CCC(CN)CC(=O)NCC(O)CC(C)C. The Balaban J connectivity index is 3.72. The van der Waals surface area contributed by atoms with Crippen LogP contribution in [0, 0.1) is 11.8 Å². The number of carbonyl (C=O) groups excluding carboxylic acids is 1. The van der Waals surface area contributed by atoms with Crippen LogP contribution in [0.2, 0.25) is 0 Å². The molecule has 96 valence electrons. The van der Waals surface area contributed by atoms with Crippen LogP contribution in [0.4, 0.5) is 0 Å². The van der Waals surface area contributed by atoms with Gasteiger partial charge >= 0.3 is 0 Å². The zero-order valence-corrected chi connectivity index (χ0v) is 10.7. The van der Waals surface area contributed by atoms with E-state index in [1.54, 1.807) is 0 Å². The predicted octanol–water partition coefficient (Wildman–Crippen LogP) is 0.885. The van der Waals surface area contributed by atoms with E-state index in [1.165, 1.54) is 0 Å². The third-order valence-corrected chi connectivity index (χ3v) is 2.66. The van der Waals surface area contributed by atoms with E-state index in [4.69, 9.17) is 5.73 Å². The summed E-state index contributed by atoms with van der Waals surface area (Å²) in [7, 11) is 0. The molecular formula is C12H26N2O2. The Morgan fingerprint density at radius 3 is 2.50 bits per heavy atom. The smallest absolute Gasteiger partial charge is 0.220 e. The molecule has 0 heterocycles. The van der Waals surface area contributed by atoms with Crippen molar-refractivity contribution in [3.8, 4) is 0 Å². The lowest BCUT2D eigenvalue weighted by Gasteiger charge is -2.15. The topological polar surface area (TPSA) is 75.4 Å². The van der Waals surface area contributed by atoms with E-state index in [0.29, 0.717) is 31.8 Å². The van der Waals surface area contributed by atoms with Crippen molar-refractivity contribution in [2.24, 2.45) is 17.6 Å². The molecule has 2 atom stereocenters. The molecule has 0 aliphatic rings. The fourth-order valence-corrected chi connectivity index (χ4v) is 1.59. The largest absolute Gasteiger partial charge is 0.391 e. The van der Waals surface area contributed by atoms with Crippen LogP contribution in [0.1, 0.15) is 40.0 Å². The summed E-state index contributed by atoms with van der Waals surface area (Å²) >= 11 is 0. The summed E-state index contributed by atoms with van der Waals surface area (Å²) in [4.78, 5) is 11.5. The van der Waals surface area contributed by atoms with E-state index in [9.17, 15) is 9.90 Å². The number of aliphatic hydroxyl groups is 1. The lowest BCUT2D eigenvalue weighted by Crippen LogP contribution is -2.34. The quantitative estimate of drug-likeness (QED) is 0.579. The lowest BCUT2D eigenvalue weighted by atomic mass is 10.0. The standard InChI is InChI=1S/C12H26N2O2/c1-4-10(7-13)6-12(16)14-8-11(15)5-9(2)3/h9-11,15H,4-8,13H2,1-3H3,(H,14,16). The third-order valence-electron chi connectivity index (χ3n) is 2.66. The predicted molar refractivity (Wildman–Crippen MR) is 65.9 cm³/mol. The van der Waals surface area contributed by atoms with E-state index < -0.39 is 6.10 Å². The molecule has 0 aromatic rings. The Hall–Kier alpha value is -0.610. The summed E-state index contributed by atoms with van der Waals surface area (Å²) in [6, 6.07) is 0. The number of rotatable bonds is 8. The molecule has 0 aliphatic carbocycles. The minimum absolute atomic E-state index is 0.0138. The second-order valence-corrected chi connectivity index (χ2v) is 4.80. The Bertz CT molecular complexity index is 191. The zero-order chi connectivity index (χ0) is 12.6. The van der Waals surface area contributed by atoms with Crippen LogP contribution < -0.4 is 11.1 Å². The van der Waals surface area contributed by atoms with Gasteiger partial charge in [-0.3, -0.25) is 4.79 Å². The lowest BCUT2D eigenvalue weighted by molar-refractivity contribution is -0.122. The highest BCUT2D eigenvalue weighted by Crippen LogP contribution is 2.06. The van der Waals surface area contributed by atoms with Gasteiger partial charge < -0.3 is 16.2 Å². The molecule has 16 heavy (non-hydrogen) atoms. The first-order valence-electron chi connectivity index (χ1n) is 6.14. The molecule has 4 heteroatoms. The first-order valence-corrected chi connectivity index (χ1v) is 6.14. The molecule has 0 aromatic carbocycles. The van der Waals surface area contributed by atoms with Gasteiger partial charge in [-0.05, 0) is 24.8 Å². The van der Waals surface area contributed by atoms with Gasteiger partial charge in [-0.2, -0.15) is 0 Å². The monoisotopic (exact) mass is 230 g/mol. The van der Waals surface area contributed by atoms with Crippen LogP contribution in [0.5, 0.6) is 0 Å². The number of amides is 1. The van der Waals surface area contributed by atoms with Crippen molar-refractivity contribution in [1.29, 1.82) is 0 Å². The summed E-state index contributed by atoms with van der Waals surface area (Å²) in [5.74, 6) is 0.682. The summed E-state index contributed by atoms with van der Waals surface area (Å²) in [6.45, 7) is 7.01. The maximum Gasteiger partial charge on any atom is 0.220 e. The Labute approximate surface area is 98.6 Å². The van der Waals surface area contributed by atoms with Gasteiger partial charge in [0.1, 0.15) is 0 Å². The van der Waals surface area contributed by atoms with Crippen molar-refractivity contribution in [3.63, 3.8) is 0 Å². The number of nitrogens with one attached hydrogen (secondary N) is 1. The average molecular weight is 230 g/mol. The molecular weight excluding hydrogens is 204 g/mol. The van der Waals surface area contributed by atoms with Crippen molar-refractivity contribution in [3.05, 3.63) is 0 Å². The number of hydrogen-bond acceptors (Lipinski definition) is 3. The fraction of sp³-hybridized carbons (Fsp3) is 0.917. The molecule has 0 rings (SSSR count). The van der Waals surface area contributed by atoms with Gasteiger partial charge in [0.15, 0.2) is 0 Å². The first kappa shape index (κ1) is 15.4. The fourth-order valence-electron chi connectivity index (χ4n) is 1.59. The highest BCUT2D eigenvalue weighted by molar-refractivity contribution is 5.76. The third kappa shape index (κ3) is 7.65. The van der Waals surface area contributed by atoms with E-state index >= 15 is 0 Å². The van der Waals surface area contributed by atoms with E-state index in [-0.39, 0.29) is 11.8 Å². The minimum atomic E-state index is -0.443. The molecule has 4 N–H and O–H groups in total. The van der Waals surface area contributed by atoms with Gasteiger partial charge in [0.2, 0.25) is 5.91 Å². The van der Waals surface area contributed by atoms with Crippen LogP contribution in [0.25, 0.3) is 0 Å². The van der Waals surface area contributed by atoms with Crippen LogP contribution in [0.15, 0.2) is 0 Å². The Morgan fingerprint density at radius 2 is 2.06 bits per heavy atom. The molecule has 0 aromatic heterocycles. The molecule has 0 fully saturated rings. The molecule has 4 nitrogen and oxygen atoms in total. The molecule has 1 amide bonds. The van der Waals surface area contributed by atoms with Crippen LogP contribution in [0.3, 0.4) is 0 Å². The van der Waals surface area contributed by atoms with Gasteiger partial charge in [-0.25, -0.2) is 0 Å². The van der Waals surface area contributed by atoms with Gasteiger partial charge in [-0.15, -0.1) is 0 Å².